The fourth-order valence-corrected chi connectivity index (χ4v) is 1.63. The van der Waals surface area contributed by atoms with Gasteiger partial charge < -0.3 is 16.5 Å². The molecule has 0 saturated heterocycles. The first kappa shape index (κ1) is 20.5. The highest BCUT2D eigenvalue weighted by Gasteiger charge is 1.90. The Bertz CT molecular complexity index is 697. The summed E-state index contributed by atoms with van der Waals surface area (Å²) in [6.07, 6.45) is 2.08. The highest BCUT2D eigenvalue weighted by Crippen LogP contribution is 2.06. The minimum atomic E-state index is -0.178. The van der Waals surface area contributed by atoms with E-state index in [0.29, 0.717) is 6.54 Å². The van der Waals surface area contributed by atoms with Crippen LogP contribution in [0, 0.1) is 5.41 Å². The summed E-state index contributed by atoms with van der Waals surface area (Å²) in [4.78, 5) is 17.5. The van der Waals surface area contributed by atoms with E-state index in [1.165, 1.54) is 6.07 Å². The molecule has 0 aliphatic rings. The molecule has 1 aromatic heterocycles. The van der Waals surface area contributed by atoms with Crippen molar-refractivity contribution in [1.29, 1.82) is 5.41 Å². The summed E-state index contributed by atoms with van der Waals surface area (Å²) in [5.74, 6) is 0.0358. The van der Waals surface area contributed by atoms with Crippen molar-refractivity contribution in [1.82, 2.24) is 10.3 Å². The Balaban J connectivity index is 0.000000403. The van der Waals surface area contributed by atoms with Crippen molar-refractivity contribution in [3.63, 3.8) is 0 Å². The molecule has 1 heterocycles. The van der Waals surface area contributed by atoms with Gasteiger partial charge in [0.2, 0.25) is 5.56 Å². The van der Waals surface area contributed by atoms with Crippen molar-refractivity contribution in [3.8, 4) is 0 Å². The van der Waals surface area contributed by atoms with Crippen molar-refractivity contribution in [2.75, 3.05) is 6.54 Å². The van der Waals surface area contributed by atoms with Crippen LogP contribution in [0.3, 0.4) is 0 Å². The van der Waals surface area contributed by atoms with Crippen molar-refractivity contribution in [2.45, 2.75) is 19.8 Å². The zero-order chi connectivity index (χ0) is 16.4. The smallest absolute Gasteiger partial charge is 0.248 e. The molecule has 0 spiro atoms. The SMILES string of the molecule is CCCCN=C(N)NC(=N)N.Cl.O=c1ccc2ccccc2[nH]1. The Morgan fingerprint density at radius 2 is 1.96 bits per heavy atom. The van der Waals surface area contributed by atoms with Crippen LogP contribution >= 0.6 is 12.4 Å². The Labute approximate surface area is 141 Å². The first-order valence-corrected chi connectivity index (χ1v) is 7.02. The molecule has 126 valence electrons. The van der Waals surface area contributed by atoms with Crippen molar-refractivity contribution in [2.24, 2.45) is 16.5 Å². The van der Waals surface area contributed by atoms with E-state index in [-0.39, 0.29) is 29.9 Å². The number of pyridine rings is 1. The van der Waals surface area contributed by atoms with E-state index in [1.54, 1.807) is 0 Å². The summed E-state index contributed by atoms with van der Waals surface area (Å²) in [7, 11) is 0. The van der Waals surface area contributed by atoms with Crippen LogP contribution in [0.4, 0.5) is 0 Å². The average Bonchev–Trinajstić information content (AvgIpc) is 2.47. The number of guanidine groups is 2. The number of benzene rings is 1. The number of hydrogen-bond donors (Lipinski definition) is 5. The lowest BCUT2D eigenvalue weighted by molar-refractivity contribution is 0.804. The van der Waals surface area contributed by atoms with Crippen LogP contribution < -0.4 is 22.3 Å². The highest BCUT2D eigenvalue weighted by molar-refractivity contribution is 5.95. The van der Waals surface area contributed by atoms with Crippen LogP contribution in [0.1, 0.15) is 19.8 Å². The Morgan fingerprint density at radius 1 is 1.26 bits per heavy atom. The fourth-order valence-electron chi connectivity index (χ4n) is 1.63. The maximum absolute atomic E-state index is 10.8. The van der Waals surface area contributed by atoms with Gasteiger partial charge in [-0.1, -0.05) is 31.5 Å². The number of nitrogens with two attached hydrogens (primary N) is 2. The van der Waals surface area contributed by atoms with Gasteiger partial charge in [0, 0.05) is 18.1 Å². The molecular weight excluding hydrogens is 316 g/mol. The molecule has 8 heteroatoms. The molecule has 7 nitrogen and oxygen atoms in total. The molecule has 23 heavy (non-hydrogen) atoms. The Kier molecular flexibility index (Phi) is 9.86. The molecule has 0 fully saturated rings. The fraction of sp³-hybridized carbons (Fsp3) is 0.267. The summed E-state index contributed by atoms with van der Waals surface area (Å²) in [5.41, 5.74) is 11.2. The molecule has 0 saturated carbocycles. The molecule has 2 rings (SSSR count). The number of para-hydroxylation sites is 1. The lowest BCUT2D eigenvalue weighted by Gasteiger charge is -2.00. The van der Waals surface area contributed by atoms with E-state index in [9.17, 15) is 4.79 Å². The number of aliphatic imine (C=N–C) groups is 1. The molecule has 0 radical (unpaired) electrons. The first-order valence-electron chi connectivity index (χ1n) is 7.02. The largest absolute Gasteiger partial charge is 0.370 e. The summed E-state index contributed by atoms with van der Waals surface area (Å²) in [6, 6.07) is 11.0. The number of nitrogens with zero attached hydrogens (tertiary/aromatic N) is 1. The van der Waals surface area contributed by atoms with Gasteiger partial charge in [0.15, 0.2) is 11.9 Å². The van der Waals surface area contributed by atoms with Crippen LogP contribution in [0.15, 0.2) is 46.2 Å². The second-order valence-electron chi connectivity index (χ2n) is 4.57. The number of fused-ring (bicyclic) bond motifs is 1. The first-order chi connectivity index (χ1) is 10.5. The third-order valence-electron chi connectivity index (χ3n) is 2.69. The van der Waals surface area contributed by atoms with Crippen LogP contribution in [-0.4, -0.2) is 23.4 Å². The molecule has 2 aromatic rings. The molecule has 0 unspecified atom stereocenters. The lowest BCUT2D eigenvalue weighted by Crippen LogP contribution is -2.40. The van der Waals surface area contributed by atoms with Gasteiger partial charge in [0.25, 0.3) is 0 Å². The second kappa shape index (κ2) is 11.1. The Morgan fingerprint density at radius 3 is 2.61 bits per heavy atom. The second-order valence-corrected chi connectivity index (χ2v) is 4.57. The molecule has 0 atom stereocenters. The van der Waals surface area contributed by atoms with Crippen molar-refractivity contribution >= 4 is 35.2 Å². The van der Waals surface area contributed by atoms with E-state index >= 15 is 0 Å². The number of aromatic nitrogens is 1. The molecular formula is C15H23ClN6O. The topological polar surface area (TPSA) is 133 Å². The lowest BCUT2D eigenvalue weighted by atomic mass is 10.2. The molecule has 7 N–H and O–H groups in total. The van der Waals surface area contributed by atoms with Crippen LogP contribution in [0.5, 0.6) is 0 Å². The normalized spacial score (nSPS) is 10.2. The van der Waals surface area contributed by atoms with Gasteiger partial charge >= 0.3 is 0 Å². The van der Waals surface area contributed by atoms with Gasteiger partial charge in [0.1, 0.15) is 0 Å². The van der Waals surface area contributed by atoms with Crippen molar-refractivity contribution < 1.29 is 0 Å². The number of halogens is 1. The third-order valence-corrected chi connectivity index (χ3v) is 2.69. The number of rotatable bonds is 3. The maximum Gasteiger partial charge on any atom is 0.248 e. The highest BCUT2D eigenvalue weighted by atomic mass is 35.5. The van der Waals surface area contributed by atoms with E-state index in [0.717, 1.165) is 23.7 Å². The predicted octanol–water partition coefficient (Wildman–Crippen LogP) is 1.53. The van der Waals surface area contributed by atoms with Crippen LogP contribution in [0.2, 0.25) is 0 Å². The predicted molar refractivity (Wildman–Crippen MR) is 98.3 cm³/mol. The maximum atomic E-state index is 10.8. The zero-order valence-electron chi connectivity index (χ0n) is 13.0. The van der Waals surface area contributed by atoms with E-state index in [2.05, 4.69) is 22.2 Å². The molecule has 0 amide bonds. The van der Waals surface area contributed by atoms with Gasteiger partial charge in [-0.2, -0.15) is 0 Å². The van der Waals surface area contributed by atoms with Gasteiger partial charge in [-0.15, -0.1) is 12.4 Å². The quantitative estimate of drug-likeness (QED) is 0.329. The Hall–Kier alpha value is -2.54. The summed E-state index contributed by atoms with van der Waals surface area (Å²) >= 11 is 0. The summed E-state index contributed by atoms with van der Waals surface area (Å²) in [5, 5.41) is 10.3. The van der Waals surface area contributed by atoms with E-state index < -0.39 is 0 Å². The third kappa shape index (κ3) is 8.47. The van der Waals surface area contributed by atoms with E-state index in [4.69, 9.17) is 16.9 Å². The van der Waals surface area contributed by atoms with Crippen LogP contribution in [0.25, 0.3) is 10.9 Å². The van der Waals surface area contributed by atoms with Gasteiger partial charge in [-0.25, -0.2) is 0 Å². The van der Waals surface area contributed by atoms with Gasteiger partial charge in [-0.05, 0) is 23.9 Å². The molecule has 0 aliphatic carbocycles. The number of hydrogen-bond acceptors (Lipinski definition) is 3. The summed E-state index contributed by atoms with van der Waals surface area (Å²) < 4.78 is 0. The van der Waals surface area contributed by atoms with E-state index in [1.807, 2.05) is 30.3 Å². The zero-order valence-corrected chi connectivity index (χ0v) is 13.8. The molecule has 0 bridgehead atoms. The minimum absolute atomic E-state index is 0. The average molecular weight is 339 g/mol. The number of nitrogens with one attached hydrogen (secondary N) is 3. The minimum Gasteiger partial charge on any atom is -0.370 e. The number of aromatic amines is 1. The summed E-state index contributed by atoms with van der Waals surface area (Å²) in [6.45, 7) is 2.76. The van der Waals surface area contributed by atoms with Crippen molar-refractivity contribution in [3.05, 3.63) is 46.8 Å². The van der Waals surface area contributed by atoms with Gasteiger partial charge in [0.05, 0.1) is 0 Å². The van der Waals surface area contributed by atoms with Gasteiger partial charge in [-0.3, -0.25) is 20.5 Å². The monoisotopic (exact) mass is 338 g/mol. The standard InChI is InChI=1S/C9H7NO.C6H15N5.ClH/c11-9-6-5-7-3-1-2-4-8(7)10-9;1-2-3-4-10-6(9)11-5(7)8;/h1-6H,(H,10,11);2-4H2,1H3,(H6,7,8,9,10,11);1H. The number of H-pyrrole nitrogens is 1. The molecule has 1 aromatic carbocycles. The van der Waals surface area contributed by atoms with Crippen LogP contribution in [-0.2, 0) is 0 Å². The number of unbranched alkanes of at least 4 members (excludes halogenated alkanes) is 1. The molecule has 0 aliphatic heterocycles.